The lowest BCUT2D eigenvalue weighted by Crippen LogP contribution is -2.13. The summed E-state index contributed by atoms with van der Waals surface area (Å²) in [6.45, 7) is 3.65. The van der Waals surface area contributed by atoms with Crippen LogP contribution in [0.25, 0.3) is 0 Å². The van der Waals surface area contributed by atoms with Gasteiger partial charge in [0.05, 0.1) is 12.5 Å². The van der Waals surface area contributed by atoms with Gasteiger partial charge in [0.15, 0.2) is 0 Å². The first-order chi connectivity index (χ1) is 5.68. The van der Waals surface area contributed by atoms with Crippen LogP contribution in [0.5, 0.6) is 0 Å². The van der Waals surface area contributed by atoms with E-state index in [1.54, 1.807) is 12.3 Å². The van der Waals surface area contributed by atoms with Crippen molar-refractivity contribution in [1.29, 1.82) is 0 Å². The van der Waals surface area contributed by atoms with Gasteiger partial charge in [-0.15, -0.1) is 0 Å². The van der Waals surface area contributed by atoms with Crippen LogP contribution in [0, 0.1) is 0 Å². The zero-order valence-electron chi connectivity index (χ0n) is 7.20. The van der Waals surface area contributed by atoms with E-state index < -0.39 is 0 Å². The van der Waals surface area contributed by atoms with Gasteiger partial charge in [-0.05, 0) is 19.9 Å². The Morgan fingerprint density at radius 1 is 1.75 bits per heavy atom. The molecule has 1 N–H and O–H groups in total. The summed E-state index contributed by atoms with van der Waals surface area (Å²) in [6, 6.07) is 1.75. The fraction of sp³-hybridized carbons (Fsp3) is 0.500. The summed E-state index contributed by atoms with van der Waals surface area (Å²) in [7, 11) is 0. The molecule has 0 aliphatic rings. The van der Waals surface area contributed by atoms with E-state index in [-0.39, 0.29) is 18.5 Å². The van der Waals surface area contributed by atoms with E-state index >= 15 is 0 Å². The standard InChI is InChI=1S/C8H12N2O2/c1-6(2)12-8(11)5-7-3-4-9-10-7/h3-4,6H,5H2,1-2H3,(H,9,10). The molecule has 0 saturated heterocycles. The second kappa shape index (κ2) is 3.90. The Balaban J connectivity index is 2.37. The Bertz CT molecular complexity index is 242. The van der Waals surface area contributed by atoms with E-state index in [1.165, 1.54) is 0 Å². The lowest BCUT2D eigenvalue weighted by molar-refractivity contribution is -0.146. The largest absolute Gasteiger partial charge is 0.463 e. The molecule has 0 amide bonds. The molecular formula is C8H12N2O2. The number of H-pyrrole nitrogens is 1. The van der Waals surface area contributed by atoms with Crippen LogP contribution in [0.4, 0.5) is 0 Å². The monoisotopic (exact) mass is 168 g/mol. The zero-order valence-corrected chi connectivity index (χ0v) is 7.20. The first kappa shape index (κ1) is 8.77. The third-order valence-electron chi connectivity index (χ3n) is 1.26. The number of hydrogen-bond donors (Lipinski definition) is 1. The average molecular weight is 168 g/mol. The lowest BCUT2D eigenvalue weighted by atomic mass is 10.3. The number of aromatic nitrogens is 2. The highest BCUT2D eigenvalue weighted by molar-refractivity contribution is 5.72. The fourth-order valence-electron chi connectivity index (χ4n) is 0.843. The van der Waals surface area contributed by atoms with Crippen molar-refractivity contribution in [3.8, 4) is 0 Å². The molecule has 4 heteroatoms. The van der Waals surface area contributed by atoms with Gasteiger partial charge in [0.25, 0.3) is 0 Å². The number of hydrogen-bond acceptors (Lipinski definition) is 3. The number of ether oxygens (including phenoxy) is 1. The first-order valence-electron chi connectivity index (χ1n) is 3.86. The highest BCUT2D eigenvalue weighted by Crippen LogP contribution is 1.97. The zero-order chi connectivity index (χ0) is 8.97. The molecule has 0 aromatic carbocycles. The molecule has 1 aromatic rings. The Morgan fingerprint density at radius 2 is 2.50 bits per heavy atom. The highest BCUT2D eigenvalue weighted by atomic mass is 16.5. The van der Waals surface area contributed by atoms with E-state index in [9.17, 15) is 4.79 Å². The van der Waals surface area contributed by atoms with Crippen molar-refractivity contribution >= 4 is 5.97 Å². The first-order valence-corrected chi connectivity index (χ1v) is 3.86. The minimum Gasteiger partial charge on any atom is -0.463 e. The summed E-state index contributed by atoms with van der Waals surface area (Å²) < 4.78 is 4.94. The summed E-state index contributed by atoms with van der Waals surface area (Å²) in [5.41, 5.74) is 0.778. The van der Waals surface area contributed by atoms with E-state index in [2.05, 4.69) is 10.2 Å². The van der Waals surface area contributed by atoms with Gasteiger partial charge in [-0.1, -0.05) is 0 Å². The van der Waals surface area contributed by atoms with Crippen LogP contribution in [-0.2, 0) is 16.0 Å². The molecule has 1 heterocycles. The third kappa shape index (κ3) is 2.74. The molecule has 4 nitrogen and oxygen atoms in total. The van der Waals surface area contributed by atoms with Crippen LogP contribution < -0.4 is 0 Å². The molecule has 0 saturated carbocycles. The molecule has 0 aliphatic carbocycles. The van der Waals surface area contributed by atoms with Crippen LogP contribution in [0.2, 0.25) is 0 Å². The van der Waals surface area contributed by atoms with Crippen molar-refractivity contribution in [3.05, 3.63) is 18.0 Å². The fourth-order valence-corrected chi connectivity index (χ4v) is 0.843. The number of rotatable bonds is 3. The molecule has 0 spiro atoms. The Morgan fingerprint density at radius 3 is 3.00 bits per heavy atom. The minimum absolute atomic E-state index is 0.0552. The normalized spacial score (nSPS) is 10.2. The molecule has 1 aromatic heterocycles. The maximum atomic E-state index is 11.1. The number of carbonyl (C=O) groups is 1. The number of aromatic amines is 1. The highest BCUT2D eigenvalue weighted by Gasteiger charge is 2.06. The maximum absolute atomic E-state index is 11.1. The van der Waals surface area contributed by atoms with Gasteiger partial charge in [-0.2, -0.15) is 5.10 Å². The summed E-state index contributed by atoms with van der Waals surface area (Å²) in [4.78, 5) is 11.1. The van der Waals surface area contributed by atoms with Crippen molar-refractivity contribution < 1.29 is 9.53 Å². The van der Waals surface area contributed by atoms with Crippen molar-refractivity contribution in [3.63, 3.8) is 0 Å². The molecule has 0 bridgehead atoms. The number of carbonyl (C=O) groups excluding carboxylic acids is 1. The van der Waals surface area contributed by atoms with E-state index in [0.717, 1.165) is 5.69 Å². The van der Waals surface area contributed by atoms with E-state index in [4.69, 9.17) is 4.74 Å². The minimum atomic E-state index is -0.228. The SMILES string of the molecule is CC(C)OC(=O)Cc1ccn[nH]1. The number of nitrogens with zero attached hydrogens (tertiary/aromatic N) is 1. The van der Waals surface area contributed by atoms with Crippen molar-refractivity contribution in [2.45, 2.75) is 26.4 Å². The third-order valence-corrected chi connectivity index (χ3v) is 1.26. The average Bonchev–Trinajstić information content (AvgIpc) is 2.37. The topological polar surface area (TPSA) is 55.0 Å². The second-order valence-electron chi connectivity index (χ2n) is 2.80. The van der Waals surface area contributed by atoms with Crippen LogP contribution in [-0.4, -0.2) is 22.3 Å². The van der Waals surface area contributed by atoms with Gasteiger partial charge in [-0.25, -0.2) is 0 Å². The lowest BCUT2D eigenvalue weighted by Gasteiger charge is -2.05. The van der Waals surface area contributed by atoms with E-state index in [1.807, 2.05) is 13.8 Å². The smallest absolute Gasteiger partial charge is 0.312 e. The number of esters is 1. The molecule has 0 radical (unpaired) electrons. The molecule has 0 unspecified atom stereocenters. The van der Waals surface area contributed by atoms with Gasteiger partial charge >= 0.3 is 5.97 Å². The summed E-state index contributed by atoms with van der Waals surface area (Å²) >= 11 is 0. The van der Waals surface area contributed by atoms with Crippen LogP contribution in [0.3, 0.4) is 0 Å². The molecular weight excluding hydrogens is 156 g/mol. The molecule has 66 valence electrons. The molecule has 0 aliphatic heterocycles. The van der Waals surface area contributed by atoms with Crippen molar-refractivity contribution in [1.82, 2.24) is 10.2 Å². The van der Waals surface area contributed by atoms with Gasteiger partial charge < -0.3 is 4.74 Å². The van der Waals surface area contributed by atoms with Crippen LogP contribution in [0.1, 0.15) is 19.5 Å². The van der Waals surface area contributed by atoms with Crippen LogP contribution >= 0.6 is 0 Å². The van der Waals surface area contributed by atoms with Crippen molar-refractivity contribution in [2.24, 2.45) is 0 Å². The molecule has 0 fully saturated rings. The quantitative estimate of drug-likeness (QED) is 0.682. The second-order valence-corrected chi connectivity index (χ2v) is 2.80. The summed E-state index contributed by atoms with van der Waals surface area (Å²) in [6.07, 6.45) is 1.82. The predicted molar refractivity (Wildman–Crippen MR) is 43.5 cm³/mol. The Labute approximate surface area is 70.9 Å². The maximum Gasteiger partial charge on any atom is 0.312 e. The van der Waals surface area contributed by atoms with E-state index in [0.29, 0.717) is 0 Å². The Hall–Kier alpha value is -1.32. The van der Waals surface area contributed by atoms with Crippen molar-refractivity contribution in [2.75, 3.05) is 0 Å². The Kier molecular flexibility index (Phi) is 2.85. The molecule has 0 atom stereocenters. The van der Waals surface area contributed by atoms with Gasteiger partial charge in [-0.3, -0.25) is 9.89 Å². The predicted octanol–water partition coefficient (Wildman–Crippen LogP) is 0.904. The molecule has 12 heavy (non-hydrogen) atoms. The summed E-state index contributed by atoms with van der Waals surface area (Å²) in [5.74, 6) is -0.228. The van der Waals surface area contributed by atoms with Gasteiger partial charge in [0.1, 0.15) is 0 Å². The van der Waals surface area contributed by atoms with Crippen LogP contribution in [0.15, 0.2) is 12.3 Å². The van der Waals surface area contributed by atoms with Gasteiger partial charge in [0, 0.05) is 11.9 Å². The molecule has 1 rings (SSSR count). The number of nitrogens with one attached hydrogen (secondary N) is 1. The summed E-state index contributed by atoms with van der Waals surface area (Å²) in [5, 5.41) is 6.41. The van der Waals surface area contributed by atoms with Gasteiger partial charge in [0.2, 0.25) is 0 Å².